The predicted molar refractivity (Wildman–Crippen MR) is 127 cm³/mol. The first-order chi connectivity index (χ1) is 15.2. The van der Waals surface area contributed by atoms with Gasteiger partial charge in [-0.1, -0.05) is 36.4 Å². The molecule has 31 heavy (non-hydrogen) atoms. The van der Waals surface area contributed by atoms with Crippen molar-refractivity contribution in [1.82, 2.24) is 10.3 Å². The lowest BCUT2D eigenvalue weighted by molar-refractivity contribution is 0.0453. The average Bonchev–Trinajstić information content (AvgIpc) is 3.45. The number of thiophene rings is 1. The highest BCUT2D eigenvalue weighted by atomic mass is 32.1. The van der Waals surface area contributed by atoms with Crippen molar-refractivity contribution in [2.75, 3.05) is 19.8 Å². The molecule has 2 aromatic heterocycles. The van der Waals surface area contributed by atoms with Crippen molar-refractivity contribution in [1.29, 1.82) is 0 Å². The first-order valence-corrected chi connectivity index (χ1v) is 11.8. The number of carbonyl (C=O) groups is 1. The van der Waals surface area contributed by atoms with E-state index in [0.717, 1.165) is 31.2 Å². The Morgan fingerprint density at radius 2 is 1.81 bits per heavy atom. The fraction of sp³-hybridized carbons (Fsp3) is 0.250. The topological polar surface area (TPSA) is 60.5 Å². The highest BCUT2D eigenvalue weighted by molar-refractivity contribution is 7.26. The van der Waals surface area contributed by atoms with E-state index in [0.29, 0.717) is 37.8 Å². The van der Waals surface area contributed by atoms with Crippen LogP contribution in [0.3, 0.4) is 0 Å². The lowest BCUT2D eigenvalue weighted by Crippen LogP contribution is -2.21. The van der Waals surface area contributed by atoms with Crippen LogP contribution in [0.25, 0.3) is 20.1 Å². The number of nitrogens with one attached hydrogen (secondary N) is 1. The first-order valence-electron chi connectivity index (χ1n) is 10.2. The molecule has 2 heterocycles. The zero-order valence-corrected chi connectivity index (χ0v) is 18.9. The summed E-state index contributed by atoms with van der Waals surface area (Å²) in [5, 5.41) is 3.96. The third-order valence-corrected chi connectivity index (χ3v) is 6.91. The van der Waals surface area contributed by atoms with E-state index in [-0.39, 0.29) is 5.91 Å². The van der Waals surface area contributed by atoms with Crippen LogP contribution in [0.1, 0.15) is 27.7 Å². The van der Waals surface area contributed by atoms with Gasteiger partial charge >= 0.3 is 0 Å². The Bertz CT molecular complexity index is 1120. The Labute approximate surface area is 189 Å². The van der Waals surface area contributed by atoms with Crippen LogP contribution in [0.15, 0.2) is 60.7 Å². The number of ether oxygens (including phenoxy) is 2. The summed E-state index contributed by atoms with van der Waals surface area (Å²) >= 11 is 3.11. The minimum atomic E-state index is -0.0734. The van der Waals surface area contributed by atoms with Crippen LogP contribution in [0.2, 0.25) is 0 Å². The second kappa shape index (κ2) is 10.6. The SMILES string of the molecule is CCOCCOCc1cccc(CNC(=O)c2ccc(-c3nc4ccccc4s3)s2)c1. The maximum absolute atomic E-state index is 12.6. The van der Waals surface area contributed by atoms with Crippen LogP contribution in [-0.2, 0) is 22.6 Å². The fourth-order valence-electron chi connectivity index (χ4n) is 3.10. The Morgan fingerprint density at radius 3 is 2.68 bits per heavy atom. The Morgan fingerprint density at radius 1 is 0.968 bits per heavy atom. The normalized spacial score (nSPS) is 11.1. The molecule has 0 saturated carbocycles. The lowest BCUT2D eigenvalue weighted by Gasteiger charge is -2.08. The number of amides is 1. The molecule has 4 rings (SSSR count). The predicted octanol–water partition coefficient (Wildman–Crippen LogP) is 5.51. The minimum Gasteiger partial charge on any atom is -0.379 e. The molecule has 0 saturated heterocycles. The van der Waals surface area contributed by atoms with E-state index in [4.69, 9.17) is 9.47 Å². The largest absolute Gasteiger partial charge is 0.379 e. The number of benzene rings is 2. The number of para-hydroxylation sites is 1. The molecule has 1 N–H and O–H groups in total. The number of fused-ring (bicyclic) bond motifs is 1. The number of hydrogen-bond acceptors (Lipinski definition) is 6. The molecular weight excluding hydrogens is 428 g/mol. The zero-order valence-electron chi connectivity index (χ0n) is 17.3. The quantitative estimate of drug-likeness (QED) is 0.322. The molecule has 0 atom stereocenters. The van der Waals surface area contributed by atoms with Gasteiger partial charge < -0.3 is 14.8 Å². The van der Waals surface area contributed by atoms with Crippen molar-refractivity contribution in [2.24, 2.45) is 0 Å². The summed E-state index contributed by atoms with van der Waals surface area (Å²) in [7, 11) is 0. The molecular formula is C24H24N2O3S2. The molecule has 1 amide bonds. The molecule has 0 spiro atoms. The van der Waals surface area contributed by atoms with Crippen LogP contribution in [0, 0.1) is 0 Å². The van der Waals surface area contributed by atoms with Gasteiger partial charge in [-0.3, -0.25) is 4.79 Å². The van der Waals surface area contributed by atoms with E-state index < -0.39 is 0 Å². The smallest absolute Gasteiger partial charge is 0.261 e. The fourth-order valence-corrected chi connectivity index (χ4v) is 5.05. The van der Waals surface area contributed by atoms with Crippen molar-refractivity contribution in [3.8, 4) is 9.88 Å². The molecule has 0 unspecified atom stereocenters. The molecule has 5 nitrogen and oxygen atoms in total. The Balaban J connectivity index is 1.32. The van der Waals surface area contributed by atoms with Crippen molar-refractivity contribution >= 4 is 38.8 Å². The third-order valence-electron chi connectivity index (χ3n) is 4.62. The summed E-state index contributed by atoms with van der Waals surface area (Å²) in [4.78, 5) is 19.0. The molecule has 0 aliphatic rings. The van der Waals surface area contributed by atoms with E-state index in [9.17, 15) is 4.79 Å². The van der Waals surface area contributed by atoms with E-state index >= 15 is 0 Å². The third kappa shape index (κ3) is 5.77. The second-order valence-corrected chi connectivity index (χ2v) is 9.02. The van der Waals surface area contributed by atoms with Crippen molar-refractivity contribution in [2.45, 2.75) is 20.1 Å². The van der Waals surface area contributed by atoms with Crippen molar-refractivity contribution < 1.29 is 14.3 Å². The van der Waals surface area contributed by atoms with E-state index in [1.54, 1.807) is 11.3 Å². The van der Waals surface area contributed by atoms with Gasteiger partial charge in [0, 0.05) is 13.2 Å². The van der Waals surface area contributed by atoms with Gasteiger partial charge in [0.15, 0.2) is 0 Å². The highest BCUT2D eigenvalue weighted by Gasteiger charge is 2.13. The molecule has 2 aromatic carbocycles. The van der Waals surface area contributed by atoms with Crippen LogP contribution in [-0.4, -0.2) is 30.7 Å². The molecule has 7 heteroatoms. The average molecular weight is 453 g/mol. The van der Waals surface area contributed by atoms with Gasteiger partial charge in [0.25, 0.3) is 5.91 Å². The standard InChI is InChI=1S/C24H24N2O3S2/c1-2-28-12-13-29-16-18-7-5-6-17(14-18)15-25-23(27)21-10-11-22(30-21)24-26-19-8-3-4-9-20(19)31-24/h3-11,14H,2,12-13,15-16H2,1H3,(H,25,27). The van der Waals surface area contributed by atoms with Crippen molar-refractivity contribution in [3.63, 3.8) is 0 Å². The maximum Gasteiger partial charge on any atom is 0.261 e. The molecule has 0 radical (unpaired) electrons. The Kier molecular flexibility index (Phi) is 7.43. The molecule has 0 aliphatic carbocycles. The lowest BCUT2D eigenvalue weighted by atomic mass is 10.1. The van der Waals surface area contributed by atoms with Gasteiger partial charge in [-0.05, 0) is 42.3 Å². The van der Waals surface area contributed by atoms with Gasteiger partial charge in [-0.25, -0.2) is 4.98 Å². The monoisotopic (exact) mass is 452 g/mol. The van der Waals surface area contributed by atoms with E-state index in [1.165, 1.54) is 11.3 Å². The zero-order chi connectivity index (χ0) is 21.5. The van der Waals surface area contributed by atoms with Gasteiger partial charge in [0.1, 0.15) is 5.01 Å². The van der Waals surface area contributed by atoms with E-state index in [2.05, 4.69) is 22.4 Å². The highest BCUT2D eigenvalue weighted by Crippen LogP contribution is 2.34. The minimum absolute atomic E-state index is 0.0734. The van der Waals surface area contributed by atoms with Crippen LogP contribution >= 0.6 is 22.7 Å². The second-order valence-electron chi connectivity index (χ2n) is 6.90. The van der Waals surface area contributed by atoms with Crippen molar-refractivity contribution in [3.05, 3.63) is 76.7 Å². The summed E-state index contributed by atoms with van der Waals surface area (Å²) in [6, 6.07) is 20.0. The maximum atomic E-state index is 12.6. The summed E-state index contributed by atoms with van der Waals surface area (Å²) in [6.45, 7) is 4.85. The Hall–Kier alpha value is -2.58. The number of rotatable bonds is 10. The number of carbonyl (C=O) groups excluding carboxylic acids is 1. The summed E-state index contributed by atoms with van der Waals surface area (Å²) < 4.78 is 12.0. The van der Waals surface area contributed by atoms with Gasteiger partial charge in [-0.15, -0.1) is 22.7 Å². The first kappa shape index (κ1) is 21.6. The van der Waals surface area contributed by atoms with Crippen LogP contribution in [0.5, 0.6) is 0 Å². The summed E-state index contributed by atoms with van der Waals surface area (Å²) in [5.41, 5.74) is 3.11. The van der Waals surface area contributed by atoms with Gasteiger partial charge in [-0.2, -0.15) is 0 Å². The molecule has 0 fully saturated rings. The number of aromatic nitrogens is 1. The number of nitrogens with zero attached hydrogens (tertiary/aromatic N) is 1. The molecule has 0 aliphatic heterocycles. The van der Waals surface area contributed by atoms with Crippen LogP contribution in [0.4, 0.5) is 0 Å². The summed E-state index contributed by atoms with van der Waals surface area (Å²) in [6.07, 6.45) is 0. The van der Waals surface area contributed by atoms with Gasteiger partial charge in [0.05, 0.1) is 39.8 Å². The van der Waals surface area contributed by atoms with Crippen LogP contribution < -0.4 is 5.32 Å². The van der Waals surface area contributed by atoms with Gasteiger partial charge in [0.2, 0.25) is 0 Å². The molecule has 0 bridgehead atoms. The number of thiazole rings is 1. The molecule has 160 valence electrons. The summed E-state index contributed by atoms with van der Waals surface area (Å²) in [5.74, 6) is -0.0734. The molecule has 4 aromatic rings. The number of hydrogen-bond donors (Lipinski definition) is 1. The van der Waals surface area contributed by atoms with E-state index in [1.807, 2.05) is 55.5 Å².